The van der Waals surface area contributed by atoms with Crippen LogP contribution in [0.1, 0.15) is 18.4 Å². The van der Waals surface area contributed by atoms with E-state index in [9.17, 15) is 4.79 Å². The fourth-order valence-corrected chi connectivity index (χ4v) is 2.20. The molecule has 2 atom stereocenters. The van der Waals surface area contributed by atoms with E-state index in [4.69, 9.17) is 9.47 Å². The molecule has 0 saturated carbocycles. The predicted molar refractivity (Wildman–Crippen MR) is 69.6 cm³/mol. The molecule has 0 aromatic heterocycles. The highest BCUT2D eigenvalue weighted by Gasteiger charge is 2.32. The van der Waals surface area contributed by atoms with Crippen LogP contribution in [-0.4, -0.2) is 31.8 Å². The maximum Gasteiger partial charge on any atom is 0.331 e. The maximum absolute atomic E-state index is 11.8. The number of aryl methyl sites for hydroxylation is 1. The summed E-state index contributed by atoms with van der Waals surface area (Å²) in [5, 5.41) is 3.24. The second-order valence-electron chi connectivity index (χ2n) is 4.51. The molecule has 0 amide bonds. The van der Waals surface area contributed by atoms with Crippen LogP contribution in [0.2, 0.25) is 0 Å². The number of hydrogen-bond donors (Lipinski definition) is 1. The van der Waals surface area contributed by atoms with Crippen LogP contribution in [0.3, 0.4) is 0 Å². The zero-order valence-corrected chi connectivity index (χ0v) is 10.8. The SMILES string of the molecule is COC(=O)C(Nc1ccccc1C)C1CCCO1. The van der Waals surface area contributed by atoms with E-state index in [1.54, 1.807) is 0 Å². The molecule has 1 N–H and O–H groups in total. The lowest BCUT2D eigenvalue weighted by Gasteiger charge is -2.23. The lowest BCUT2D eigenvalue weighted by Crippen LogP contribution is -2.41. The van der Waals surface area contributed by atoms with Crippen molar-refractivity contribution in [3.05, 3.63) is 29.8 Å². The van der Waals surface area contributed by atoms with Crippen LogP contribution in [0.4, 0.5) is 5.69 Å². The van der Waals surface area contributed by atoms with Crippen molar-refractivity contribution in [3.63, 3.8) is 0 Å². The Labute approximate surface area is 107 Å². The zero-order valence-electron chi connectivity index (χ0n) is 10.8. The highest BCUT2D eigenvalue weighted by atomic mass is 16.5. The lowest BCUT2D eigenvalue weighted by atomic mass is 10.1. The van der Waals surface area contributed by atoms with Crippen LogP contribution in [0.25, 0.3) is 0 Å². The van der Waals surface area contributed by atoms with E-state index in [1.807, 2.05) is 31.2 Å². The fraction of sp³-hybridized carbons (Fsp3) is 0.500. The number of hydrogen-bond acceptors (Lipinski definition) is 4. The molecular weight excluding hydrogens is 230 g/mol. The molecule has 98 valence electrons. The van der Waals surface area contributed by atoms with Gasteiger partial charge in [0, 0.05) is 12.3 Å². The van der Waals surface area contributed by atoms with Crippen LogP contribution >= 0.6 is 0 Å². The largest absolute Gasteiger partial charge is 0.467 e. The van der Waals surface area contributed by atoms with E-state index in [0.717, 1.165) is 24.1 Å². The number of methoxy groups -OCH3 is 1. The van der Waals surface area contributed by atoms with E-state index < -0.39 is 6.04 Å². The molecule has 1 fully saturated rings. The molecule has 2 unspecified atom stereocenters. The molecule has 1 aromatic carbocycles. The van der Waals surface area contributed by atoms with E-state index >= 15 is 0 Å². The van der Waals surface area contributed by atoms with Gasteiger partial charge in [-0.05, 0) is 31.4 Å². The smallest absolute Gasteiger partial charge is 0.331 e. The molecule has 1 saturated heterocycles. The first kappa shape index (κ1) is 12.9. The van der Waals surface area contributed by atoms with Crippen LogP contribution in [0.5, 0.6) is 0 Å². The second kappa shape index (κ2) is 5.87. The molecule has 18 heavy (non-hydrogen) atoms. The summed E-state index contributed by atoms with van der Waals surface area (Å²) in [6.07, 6.45) is 1.78. The summed E-state index contributed by atoms with van der Waals surface area (Å²) in [6, 6.07) is 7.45. The van der Waals surface area contributed by atoms with Gasteiger partial charge in [0.2, 0.25) is 0 Å². The molecule has 0 radical (unpaired) electrons. The molecule has 0 aliphatic carbocycles. The van der Waals surface area contributed by atoms with E-state index in [2.05, 4.69) is 5.32 Å². The van der Waals surface area contributed by atoms with Gasteiger partial charge < -0.3 is 14.8 Å². The van der Waals surface area contributed by atoms with Crippen molar-refractivity contribution in [2.45, 2.75) is 31.9 Å². The first-order valence-corrected chi connectivity index (χ1v) is 6.24. The molecule has 1 aromatic rings. The van der Waals surface area contributed by atoms with E-state index in [1.165, 1.54) is 7.11 Å². The van der Waals surface area contributed by atoms with Gasteiger partial charge in [-0.1, -0.05) is 18.2 Å². The van der Waals surface area contributed by atoms with Gasteiger partial charge in [0.1, 0.15) is 0 Å². The van der Waals surface area contributed by atoms with E-state index in [-0.39, 0.29) is 12.1 Å². The van der Waals surface area contributed by atoms with Crippen LogP contribution in [0.15, 0.2) is 24.3 Å². The highest BCUT2D eigenvalue weighted by Crippen LogP contribution is 2.22. The highest BCUT2D eigenvalue weighted by molar-refractivity contribution is 5.80. The molecule has 1 heterocycles. The topological polar surface area (TPSA) is 47.6 Å². The van der Waals surface area contributed by atoms with Crippen molar-refractivity contribution in [3.8, 4) is 0 Å². The fourth-order valence-electron chi connectivity index (χ4n) is 2.20. The van der Waals surface area contributed by atoms with Gasteiger partial charge in [0.05, 0.1) is 13.2 Å². The third-order valence-corrected chi connectivity index (χ3v) is 3.25. The summed E-state index contributed by atoms with van der Waals surface area (Å²) in [4.78, 5) is 11.8. The number of rotatable bonds is 4. The molecule has 4 heteroatoms. The Kier molecular flexibility index (Phi) is 4.20. The zero-order chi connectivity index (χ0) is 13.0. The van der Waals surface area contributed by atoms with Gasteiger partial charge in [-0.15, -0.1) is 0 Å². The summed E-state index contributed by atoms with van der Waals surface area (Å²) in [5.41, 5.74) is 2.05. The summed E-state index contributed by atoms with van der Waals surface area (Å²) < 4.78 is 10.4. The predicted octanol–water partition coefficient (Wildman–Crippen LogP) is 2.13. The van der Waals surface area contributed by atoms with Crippen molar-refractivity contribution < 1.29 is 14.3 Å². The van der Waals surface area contributed by atoms with Crippen molar-refractivity contribution in [1.82, 2.24) is 0 Å². The Hall–Kier alpha value is -1.55. The average molecular weight is 249 g/mol. The molecule has 1 aliphatic heterocycles. The number of carbonyl (C=O) groups excluding carboxylic acids is 1. The first-order valence-electron chi connectivity index (χ1n) is 6.24. The van der Waals surface area contributed by atoms with Crippen molar-refractivity contribution in [2.75, 3.05) is 19.0 Å². The molecule has 0 spiro atoms. The van der Waals surface area contributed by atoms with Gasteiger partial charge in [-0.3, -0.25) is 0 Å². The van der Waals surface area contributed by atoms with Crippen LogP contribution in [0, 0.1) is 6.92 Å². The normalized spacial score (nSPS) is 20.4. The Morgan fingerprint density at radius 1 is 1.50 bits per heavy atom. The molecular formula is C14H19NO3. The van der Waals surface area contributed by atoms with E-state index in [0.29, 0.717) is 6.61 Å². The molecule has 0 bridgehead atoms. The number of para-hydroxylation sites is 1. The number of esters is 1. The average Bonchev–Trinajstić information content (AvgIpc) is 2.90. The second-order valence-corrected chi connectivity index (χ2v) is 4.51. The number of benzene rings is 1. The number of carbonyl (C=O) groups is 1. The summed E-state index contributed by atoms with van der Waals surface area (Å²) in [7, 11) is 1.41. The Bertz CT molecular complexity index is 413. The monoisotopic (exact) mass is 249 g/mol. The summed E-state index contributed by atoms with van der Waals surface area (Å²) >= 11 is 0. The van der Waals surface area contributed by atoms with Crippen LogP contribution in [-0.2, 0) is 14.3 Å². The molecule has 2 rings (SSSR count). The van der Waals surface area contributed by atoms with Crippen LogP contribution < -0.4 is 5.32 Å². The third kappa shape index (κ3) is 2.82. The number of nitrogens with one attached hydrogen (secondary N) is 1. The minimum Gasteiger partial charge on any atom is -0.467 e. The molecule has 1 aliphatic rings. The Morgan fingerprint density at radius 3 is 2.89 bits per heavy atom. The number of anilines is 1. The van der Waals surface area contributed by atoms with Crippen molar-refractivity contribution in [2.24, 2.45) is 0 Å². The summed E-state index contributed by atoms with van der Waals surface area (Å²) in [6.45, 7) is 2.72. The standard InChI is InChI=1S/C14H19NO3/c1-10-6-3-4-7-11(10)15-13(14(16)17-2)12-8-5-9-18-12/h3-4,6-7,12-13,15H,5,8-9H2,1-2H3. The minimum absolute atomic E-state index is 0.0999. The van der Waals surface area contributed by atoms with Crippen molar-refractivity contribution in [1.29, 1.82) is 0 Å². The van der Waals surface area contributed by atoms with Gasteiger partial charge in [-0.25, -0.2) is 4.79 Å². The van der Waals surface area contributed by atoms with Gasteiger partial charge in [0.15, 0.2) is 6.04 Å². The van der Waals surface area contributed by atoms with Gasteiger partial charge in [0.25, 0.3) is 0 Å². The Balaban J connectivity index is 2.14. The quantitative estimate of drug-likeness (QED) is 0.830. The van der Waals surface area contributed by atoms with Gasteiger partial charge >= 0.3 is 5.97 Å². The van der Waals surface area contributed by atoms with Gasteiger partial charge in [-0.2, -0.15) is 0 Å². The maximum atomic E-state index is 11.8. The number of ether oxygens (including phenoxy) is 2. The minimum atomic E-state index is -0.432. The van der Waals surface area contributed by atoms with Crippen molar-refractivity contribution >= 4 is 11.7 Å². The lowest BCUT2D eigenvalue weighted by molar-refractivity contribution is -0.144. The third-order valence-electron chi connectivity index (χ3n) is 3.25. The summed E-state index contributed by atoms with van der Waals surface area (Å²) in [5.74, 6) is -0.273. The first-order chi connectivity index (χ1) is 8.72. The molecule has 4 nitrogen and oxygen atoms in total. The Morgan fingerprint density at radius 2 is 2.28 bits per heavy atom.